The van der Waals surface area contributed by atoms with Crippen LogP contribution >= 0.6 is 8.24 Å². The Hall–Kier alpha value is -3.72. The van der Waals surface area contributed by atoms with E-state index in [4.69, 9.17) is 12.9 Å². The Morgan fingerprint density at radius 2 is 1.37 bits per heavy atom. The van der Waals surface area contributed by atoms with E-state index in [1.807, 2.05) is 43.3 Å². The summed E-state index contributed by atoms with van der Waals surface area (Å²) in [5.74, 6) is 0.733. The van der Waals surface area contributed by atoms with Gasteiger partial charge in [-0.25, -0.2) is 0 Å². The summed E-state index contributed by atoms with van der Waals surface area (Å²) in [6.07, 6.45) is 0. The molecule has 1 aromatic heterocycles. The van der Waals surface area contributed by atoms with E-state index in [1.165, 1.54) is 0 Å². The lowest BCUT2D eigenvalue weighted by atomic mass is 10.0. The standard InChI is InChI=1S/C30H25O4P/c1-18-12-23(17-31)29-27(13-18)26-14-19(2)20(3)15-28(26)32-35(33-29)34-30-24-10-6-4-8-21(24)16-22-9-5-7-11-25(22)30/h4-16,31H,17H2,1-3H3. The molecule has 1 unspecified atom stereocenters. The highest BCUT2D eigenvalue weighted by molar-refractivity contribution is 7.32. The summed E-state index contributed by atoms with van der Waals surface area (Å²) in [6, 6.07) is 26.7. The average Bonchev–Trinajstić information content (AvgIpc) is 3.00. The van der Waals surface area contributed by atoms with Gasteiger partial charge in [0.2, 0.25) is 0 Å². The van der Waals surface area contributed by atoms with Crippen molar-refractivity contribution in [2.45, 2.75) is 27.4 Å². The Morgan fingerprint density at radius 1 is 0.714 bits per heavy atom. The fourth-order valence-electron chi connectivity index (χ4n) is 4.70. The molecule has 1 heterocycles. The SMILES string of the molecule is Cc1cc(CO)c2op(Oc3c4ccccc4cc4ccccc34)oc3cc(C)c(C)cc3c2c1. The lowest BCUT2D eigenvalue weighted by Gasteiger charge is -2.10. The summed E-state index contributed by atoms with van der Waals surface area (Å²) in [5.41, 5.74) is 5.39. The number of aryl methyl sites for hydroxylation is 3. The maximum Gasteiger partial charge on any atom is 0.453 e. The van der Waals surface area contributed by atoms with Crippen molar-refractivity contribution in [2.24, 2.45) is 0 Å². The van der Waals surface area contributed by atoms with Crippen LogP contribution in [0.25, 0.3) is 43.5 Å². The third-order valence-corrected chi connectivity index (χ3v) is 7.60. The average molecular weight is 481 g/mol. The summed E-state index contributed by atoms with van der Waals surface area (Å²) in [6.45, 7) is 6.05. The van der Waals surface area contributed by atoms with E-state index in [1.54, 1.807) is 0 Å². The zero-order chi connectivity index (χ0) is 24.1. The van der Waals surface area contributed by atoms with Gasteiger partial charge in [0.15, 0.2) is 11.3 Å². The van der Waals surface area contributed by atoms with Gasteiger partial charge in [-0.05, 0) is 78.6 Å². The van der Waals surface area contributed by atoms with Crippen LogP contribution in [-0.4, -0.2) is 5.11 Å². The molecule has 0 fully saturated rings. The molecule has 174 valence electrons. The molecule has 35 heavy (non-hydrogen) atoms. The number of fused-ring (bicyclic) bond motifs is 5. The minimum Gasteiger partial charge on any atom is -0.392 e. The maximum atomic E-state index is 10.2. The van der Waals surface area contributed by atoms with E-state index in [0.717, 1.165) is 60.3 Å². The van der Waals surface area contributed by atoms with E-state index >= 15 is 0 Å². The molecule has 5 heteroatoms. The van der Waals surface area contributed by atoms with Gasteiger partial charge in [-0.1, -0.05) is 48.5 Å². The van der Waals surface area contributed by atoms with Crippen molar-refractivity contribution in [3.05, 3.63) is 101 Å². The number of benzene rings is 5. The Balaban J connectivity index is 1.71. The molecule has 0 radical (unpaired) electrons. The van der Waals surface area contributed by atoms with E-state index in [-0.39, 0.29) is 6.61 Å². The van der Waals surface area contributed by atoms with Crippen molar-refractivity contribution in [1.82, 2.24) is 0 Å². The summed E-state index contributed by atoms with van der Waals surface area (Å²) in [7, 11) is -1.86. The van der Waals surface area contributed by atoms with Crippen molar-refractivity contribution in [3.63, 3.8) is 0 Å². The van der Waals surface area contributed by atoms with Crippen LogP contribution in [0.3, 0.4) is 0 Å². The molecule has 0 amide bonds. The molecule has 1 atom stereocenters. The highest BCUT2D eigenvalue weighted by Gasteiger charge is 2.16. The smallest absolute Gasteiger partial charge is 0.392 e. The molecule has 0 aliphatic rings. The van der Waals surface area contributed by atoms with Gasteiger partial charge in [0.25, 0.3) is 0 Å². The number of aliphatic hydroxyl groups is 1. The number of rotatable bonds is 3. The van der Waals surface area contributed by atoms with Crippen molar-refractivity contribution in [3.8, 4) is 5.75 Å². The van der Waals surface area contributed by atoms with Gasteiger partial charge >= 0.3 is 8.24 Å². The van der Waals surface area contributed by atoms with Crippen molar-refractivity contribution >= 4 is 51.7 Å². The number of hydrogen-bond acceptors (Lipinski definition) is 4. The van der Waals surface area contributed by atoms with Crippen molar-refractivity contribution < 1.29 is 18.0 Å². The van der Waals surface area contributed by atoms with Crippen LogP contribution in [0.5, 0.6) is 5.75 Å². The summed E-state index contributed by atoms with van der Waals surface area (Å²) >= 11 is 0. The van der Waals surface area contributed by atoms with Gasteiger partial charge in [0.1, 0.15) is 5.58 Å². The number of hydrogen-bond donors (Lipinski definition) is 1. The van der Waals surface area contributed by atoms with E-state index in [9.17, 15) is 5.11 Å². The molecular weight excluding hydrogens is 455 g/mol. The van der Waals surface area contributed by atoms with Crippen molar-refractivity contribution in [2.75, 3.05) is 0 Å². The van der Waals surface area contributed by atoms with Crippen LogP contribution in [0.15, 0.2) is 87.3 Å². The molecule has 6 aromatic rings. The summed E-state index contributed by atoms with van der Waals surface area (Å²) < 4.78 is 19.5. The van der Waals surface area contributed by atoms with Crippen LogP contribution < -0.4 is 4.52 Å². The second-order valence-electron chi connectivity index (χ2n) is 9.04. The molecule has 6 rings (SSSR count). The zero-order valence-electron chi connectivity index (χ0n) is 19.8. The molecular formula is C30H25O4P. The molecule has 0 saturated heterocycles. The van der Waals surface area contributed by atoms with E-state index in [0.29, 0.717) is 11.1 Å². The highest BCUT2D eigenvalue weighted by atomic mass is 31.1. The molecule has 0 spiro atoms. The molecule has 4 nitrogen and oxygen atoms in total. The normalized spacial score (nSPS) is 12.1. The second-order valence-corrected chi connectivity index (χ2v) is 10.0. The van der Waals surface area contributed by atoms with Crippen LogP contribution in [-0.2, 0) is 6.61 Å². The quantitative estimate of drug-likeness (QED) is 0.257. The minimum atomic E-state index is -1.86. The molecule has 1 N–H and O–H groups in total. The third-order valence-electron chi connectivity index (χ3n) is 6.59. The molecule has 5 aromatic carbocycles. The highest BCUT2D eigenvalue weighted by Crippen LogP contribution is 2.43. The van der Waals surface area contributed by atoms with Gasteiger partial charge in [0.05, 0.1) is 6.61 Å². The van der Waals surface area contributed by atoms with Gasteiger partial charge in [-0.2, -0.15) is 0 Å². The Kier molecular flexibility index (Phi) is 5.29. The summed E-state index contributed by atoms with van der Waals surface area (Å²) in [5, 5.41) is 16.2. The predicted octanol–water partition coefficient (Wildman–Crippen LogP) is 8.86. The van der Waals surface area contributed by atoms with Gasteiger partial charge in [-0.15, -0.1) is 0 Å². The first kappa shape index (κ1) is 21.8. The molecule has 0 saturated carbocycles. The molecule has 0 aliphatic carbocycles. The lowest BCUT2D eigenvalue weighted by molar-refractivity contribution is 0.282. The van der Waals surface area contributed by atoms with Gasteiger partial charge in [0, 0.05) is 27.1 Å². The van der Waals surface area contributed by atoms with Crippen LogP contribution in [0.1, 0.15) is 22.3 Å². The first-order chi connectivity index (χ1) is 17.0. The van der Waals surface area contributed by atoms with E-state index in [2.05, 4.69) is 56.3 Å². The topological polar surface area (TPSA) is 55.7 Å². The maximum absolute atomic E-state index is 10.2. The Morgan fingerprint density at radius 3 is 2.06 bits per heavy atom. The first-order valence-corrected chi connectivity index (χ1v) is 12.7. The lowest BCUT2D eigenvalue weighted by Crippen LogP contribution is -1.88. The monoisotopic (exact) mass is 480 g/mol. The predicted molar refractivity (Wildman–Crippen MR) is 144 cm³/mol. The fourth-order valence-corrected chi connectivity index (χ4v) is 5.84. The third kappa shape index (κ3) is 3.76. The summed E-state index contributed by atoms with van der Waals surface area (Å²) in [4.78, 5) is 0. The van der Waals surface area contributed by atoms with Crippen molar-refractivity contribution in [1.29, 1.82) is 0 Å². The first-order valence-electron chi connectivity index (χ1n) is 11.6. The van der Waals surface area contributed by atoms with Crippen LogP contribution in [0.2, 0.25) is 0 Å². The number of aliphatic hydroxyl groups excluding tert-OH is 1. The Labute approximate surface area is 204 Å². The minimum absolute atomic E-state index is 0.134. The van der Waals surface area contributed by atoms with Crippen LogP contribution in [0, 0.1) is 20.8 Å². The van der Waals surface area contributed by atoms with E-state index < -0.39 is 8.24 Å². The molecule has 0 bridgehead atoms. The molecule has 0 aliphatic heterocycles. The van der Waals surface area contributed by atoms with Gasteiger partial charge in [-0.3, -0.25) is 0 Å². The fraction of sp³-hybridized carbons (Fsp3) is 0.133. The Bertz CT molecular complexity index is 1750. The van der Waals surface area contributed by atoms with Gasteiger partial charge < -0.3 is 18.0 Å². The van der Waals surface area contributed by atoms with Crippen LogP contribution in [0.4, 0.5) is 0 Å². The largest absolute Gasteiger partial charge is 0.453 e. The zero-order valence-corrected chi connectivity index (χ0v) is 20.7. The second kappa shape index (κ2) is 8.49.